The van der Waals surface area contributed by atoms with Gasteiger partial charge in [0.05, 0.1) is 0 Å². The Balaban J connectivity index is 0. The maximum atomic E-state index is 8.80. The first-order chi connectivity index (χ1) is 4.74. The van der Waals surface area contributed by atoms with Gasteiger partial charge in [0.25, 0.3) is 0 Å². The van der Waals surface area contributed by atoms with E-state index in [9.17, 15) is 0 Å². The molecule has 4 N–H and O–H groups in total. The molecule has 0 heterocycles. The van der Waals surface area contributed by atoms with Crippen LogP contribution in [0.25, 0.3) is 0 Å². The Kier molecular flexibility index (Phi) is 8.13. The van der Waals surface area contributed by atoms with Crippen LogP contribution in [0.2, 0.25) is 0 Å². The highest BCUT2D eigenvalue weighted by atomic mass is 16.3. The first kappa shape index (κ1) is 13.5. The molecule has 0 atom stereocenters. The average Bonchev–Trinajstić information content (AvgIpc) is 2.01. The fourth-order valence-electron chi connectivity index (χ4n) is 1.52. The van der Waals surface area contributed by atoms with Gasteiger partial charge in [0.15, 0.2) is 0 Å². The summed E-state index contributed by atoms with van der Waals surface area (Å²) in [6, 6.07) is 0. The van der Waals surface area contributed by atoms with E-state index in [0.717, 1.165) is 6.42 Å². The van der Waals surface area contributed by atoms with Crippen molar-refractivity contribution in [1.29, 1.82) is 0 Å². The van der Waals surface area contributed by atoms with Gasteiger partial charge in [0.2, 0.25) is 0 Å². The third kappa shape index (κ3) is 3.73. The maximum Gasteiger partial charge on any atom is 0.0436 e. The quantitative estimate of drug-likeness (QED) is 0.651. The maximum absolute atomic E-state index is 8.80. The van der Waals surface area contributed by atoms with Crippen molar-refractivity contribution >= 4 is 0 Å². The van der Waals surface area contributed by atoms with Gasteiger partial charge in [-0.15, -0.1) is 0 Å². The van der Waals surface area contributed by atoms with Crippen LogP contribution in [0.1, 0.15) is 46.5 Å². The van der Waals surface area contributed by atoms with E-state index >= 15 is 0 Å². The predicted octanol–water partition coefficient (Wildman–Crippen LogP) is 2.75. The highest BCUT2D eigenvalue weighted by Crippen LogP contribution is 2.33. The lowest BCUT2D eigenvalue weighted by Gasteiger charge is -2.29. The molecule has 2 nitrogen and oxygen atoms in total. The molecule has 0 aromatic heterocycles. The van der Waals surface area contributed by atoms with Crippen LogP contribution in [0.5, 0.6) is 0 Å². The van der Waals surface area contributed by atoms with Gasteiger partial charge < -0.3 is 11.3 Å². The van der Waals surface area contributed by atoms with Gasteiger partial charge in [0, 0.05) is 6.61 Å². The summed E-state index contributed by atoms with van der Waals surface area (Å²) in [6.07, 6.45) is 4.55. The zero-order valence-corrected chi connectivity index (χ0v) is 8.19. The molecule has 0 fully saturated rings. The first-order valence-corrected chi connectivity index (χ1v) is 4.35. The van der Waals surface area contributed by atoms with Gasteiger partial charge in [-0.2, -0.15) is 0 Å². The first-order valence-electron chi connectivity index (χ1n) is 4.35. The van der Waals surface area contributed by atoms with E-state index in [-0.39, 0.29) is 6.15 Å². The molecule has 0 aliphatic rings. The van der Waals surface area contributed by atoms with E-state index in [1.165, 1.54) is 19.3 Å². The van der Waals surface area contributed by atoms with Gasteiger partial charge in [-0.25, -0.2) is 0 Å². The second-order valence-electron chi connectivity index (χ2n) is 3.03. The molecule has 0 aliphatic carbocycles. The van der Waals surface area contributed by atoms with Crippen molar-refractivity contribution in [2.45, 2.75) is 46.5 Å². The number of hydrogen-bond donors (Lipinski definition) is 2. The minimum absolute atomic E-state index is 0. The normalized spacial score (nSPS) is 10.9. The molecular weight excluding hydrogens is 138 g/mol. The zero-order valence-electron chi connectivity index (χ0n) is 8.19. The second kappa shape index (κ2) is 6.62. The fraction of sp³-hybridized carbons (Fsp3) is 1.00. The van der Waals surface area contributed by atoms with Crippen LogP contribution in [0.3, 0.4) is 0 Å². The number of rotatable bonds is 5. The van der Waals surface area contributed by atoms with Crippen LogP contribution in [0.15, 0.2) is 0 Å². The molecule has 0 amide bonds. The molecule has 2 heteroatoms. The SMILES string of the molecule is CCC(CC)(CC)CCO.N. The average molecular weight is 161 g/mol. The Hall–Kier alpha value is -0.0800. The van der Waals surface area contributed by atoms with Crippen LogP contribution in [-0.2, 0) is 0 Å². The van der Waals surface area contributed by atoms with Crippen LogP contribution >= 0.6 is 0 Å². The number of aliphatic hydroxyl groups excluding tert-OH is 1. The predicted molar refractivity (Wildman–Crippen MR) is 50.0 cm³/mol. The Labute approximate surface area is 70.6 Å². The summed E-state index contributed by atoms with van der Waals surface area (Å²) in [5.41, 5.74) is 0.425. The number of aliphatic hydroxyl groups is 1. The molecule has 0 radical (unpaired) electrons. The van der Waals surface area contributed by atoms with Crippen molar-refractivity contribution in [3.05, 3.63) is 0 Å². The van der Waals surface area contributed by atoms with Gasteiger partial charge in [0.1, 0.15) is 0 Å². The Morgan fingerprint density at radius 2 is 1.36 bits per heavy atom. The fourth-order valence-corrected chi connectivity index (χ4v) is 1.52. The van der Waals surface area contributed by atoms with E-state index in [0.29, 0.717) is 12.0 Å². The van der Waals surface area contributed by atoms with E-state index in [4.69, 9.17) is 5.11 Å². The molecule has 0 aromatic carbocycles. The lowest BCUT2D eigenvalue weighted by molar-refractivity contribution is 0.162. The molecule has 0 bridgehead atoms. The van der Waals surface area contributed by atoms with Crippen molar-refractivity contribution in [2.75, 3.05) is 6.61 Å². The number of hydrogen-bond acceptors (Lipinski definition) is 2. The Morgan fingerprint density at radius 1 is 1.00 bits per heavy atom. The highest BCUT2D eigenvalue weighted by Gasteiger charge is 2.22. The highest BCUT2D eigenvalue weighted by molar-refractivity contribution is 4.73. The summed E-state index contributed by atoms with van der Waals surface area (Å²) in [4.78, 5) is 0. The van der Waals surface area contributed by atoms with E-state index in [2.05, 4.69) is 20.8 Å². The Bertz CT molecular complexity index is 71.4. The van der Waals surface area contributed by atoms with Crippen molar-refractivity contribution in [3.8, 4) is 0 Å². The Morgan fingerprint density at radius 3 is 1.45 bits per heavy atom. The van der Waals surface area contributed by atoms with Gasteiger partial charge >= 0.3 is 0 Å². The van der Waals surface area contributed by atoms with E-state index < -0.39 is 0 Å². The summed E-state index contributed by atoms with van der Waals surface area (Å²) in [5, 5.41) is 8.80. The molecule has 70 valence electrons. The molecule has 0 spiro atoms. The third-order valence-corrected chi connectivity index (χ3v) is 2.89. The van der Waals surface area contributed by atoms with Crippen molar-refractivity contribution in [1.82, 2.24) is 6.15 Å². The second-order valence-corrected chi connectivity index (χ2v) is 3.03. The van der Waals surface area contributed by atoms with Crippen LogP contribution < -0.4 is 6.15 Å². The lowest BCUT2D eigenvalue weighted by atomic mass is 9.77. The smallest absolute Gasteiger partial charge is 0.0436 e. The molecule has 11 heavy (non-hydrogen) atoms. The molecule has 0 unspecified atom stereocenters. The minimum Gasteiger partial charge on any atom is -0.396 e. The van der Waals surface area contributed by atoms with Crippen molar-refractivity contribution in [3.63, 3.8) is 0 Å². The molecule has 0 aromatic rings. The minimum atomic E-state index is 0. The van der Waals surface area contributed by atoms with Crippen LogP contribution in [0, 0.1) is 5.41 Å². The van der Waals surface area contributed by atoms with E-state index in [1.807, 2.05) is 0 Å². The molecule has 0 saturated carbocycles. The van der Waals surface area contributed by atoms with Gasteiger partial charge in [-0.1, -0.05) is 40.0 Å². The van der Waals surface area contributed by atoms with Crippen molar-refractivity contribution < 1.29 is 5.11 Å². The van der Waals surface area contributed by atoms with Crippen LogP contribution in [-0.4, -0.2) is 11.7 Å². The zero-order chi connectivity index (χ0) is 8.04. The summed E-state index contributed by atoms with van der Waals surface area (Å²) in [5.74, 6) is 0. The monoisotopic (exact) mass is 161 g/mol. The topological polar surface area (TPSA) is 55.2 Å². The van der Waals surface area contributed by atoms with E-state index in [1.54, 1.807) is 0 Å². The summed E-state index contributed by atoms with van der Waals surface area (Å²) < 4.78 is 0. The molecule has 0 saturated heterocycles. The molecular formula is C9H23NO. The summed E-state index contributed by atoms with van der Waals surface area (Å²) in [6.45, 7) is 6.98. The third-order valence-electron chi connectivity index (χ3n) is 2.89. The van der Waals surface area contributed by atoms with Gasteiger partial charge in [-0.3, -0.25) is 0 Å². The standard InChI is InChI=1S/C9H20O.H3N/c1-4-9(5-2,6-3)7-8-10;/h10H,4-8H2,1-3H3;1H3. The van der Waals surface area contributed by atoms with Crippen LogP contribution in [0.4, 0.5) is 0 Å². The van der Waals surface area contributed by atoms with Crippen molar-refractivity contribution in [2.24, 2.45) is 5.41 Å². The van der Waals surface area contributed by atoms with Gasteiger partial charge in [-0.05, 0) is 11.8 Å². The largest absolute Gasteiger partial charge is 0.396 e. The molecule has 0 rings (SSSR count). The lowest BCUT2D eigenvalue weighted by Crippen LogP contribution is -2.19. The summed E-state index contributed by atoms with van der Waals surface area (Å²) >= 11 is 0. The summed E-state index contributed by atoms with van der Waals surface area (Å²) in [7, 11) is 0. The molecule has 0 aliphatic heterocycles.